The van der Waals surface area contributed by atoms with Crippen molar-refractivity contribution in [3.05, 3.63) is 32.8 Å². The highest BCUT2D eigenvalue weighted by molar-refractivity contribution is 9.10. The van der Waals surface area contributed by atoms with Gasteiger partial charge in [-0.15, -0.1) is 0 Å². The van der Waals surface area contributed by atoms with Crippen molar-refractivity contribution in [3.8, 4) is 0 Å². The van der Waals surface area contributed by atoms with Crippen LogP contribution in [0.1, 0.15) is 34.7 Å². The van der Waals surface area contributed by atoms with Crippen LogP contribution in [0.2, 0.25) is 5.02 Å². The molecule has 0 saturated heterocycles. The van der Waals surface area contributed by atoms with Crippen LogP contribution in [0.3, 0.4) is 0 Å². The molecule has 2 rings (SSSR count). The molecule has 1 saturated carbocycles. The van der Waals surface area contributed by atoms with Crippen LogP contribution in [0.5, 0.6) is 0 Å². The average molecular weight is 276 g/mol. The quantitative estimate of drug-likeness (QED) is 0.894. The Morgan fingerprint density at radius 1 is 1.50 bits per heavy atom. The Kier molecular flexibility index (Phi) is 2.54. The van der Waals surface area contributed by atoms with Gasteiger partial charge in [0.1, 0.15) is 0 Å². The molecular formula is C10H8BrClO2. The van der Waals surface area contributed by atoms with Gasteiger partial charge in [0.05, 0.1) is 5.56 Å². The summed E-state index contributed by atoms with van der Waals surface area (Å²) in [4.78, 5) is 10.7. The standard InChI is InChI=1S/C10H8BrClO2/c11-7-3-6(10(13)14)4-8(12)9(7)5-1-2-5/h3-5H,1-2H2,(H,13,14). The van der Waals surface area contributed by atoms with Crippen LogP contribution in [0, 0.1) is 0 Å². The van der Waals surface area contributed by atoms with Crippen LogP contribution < -0.4 is 0 Å². The number of aromatic carboxylic acids is 1. The third kappa shape index (κ3) is 1.79. The Hall–Kier alpha value is -0.540. The van der Waals surface area contributed by atoms with E-state index in [1.807, 2.05) is 0 Å². The second-order valence-electron chi connectivity index (χ2n) is 3.43. The van der Waals surface area contributed by atoms with E-state index in [2.05, 4.69) is 15.9 Å². The molecule has 1 aromatic rings. The molecule has 1 aromatic carbocycles. The Labute approximate surface area is 95.0 Å². The topological polar surface area (TPSA) is 37.3 Å². The van der Waals surface area contributed by atoms with Gasteiger partial charge in [-0.3, -0.25) is 0 Å². The summed E-state index contributed by atoms with van der Waals surface area (Å²) in [6, 6.07) is 3.13. The summed E-state index contributed by atoms with van der Waals surface area (Å²) >= 11 is 9.38. The van der Waals surface area contributed by atoms with Gasteiger partial charge in [0.15, 0.2) is 0 Å². The van der Waals surface area contributed by atoms with Crippen molar-refractivity contribution in [1.82, 2.24) is 0 Å². The third-order valence-electron chi connectivity index (χ3n) is 2.31. The maximum atomic E-state index is 10.7. The molecule has 0 radical (unpaired) electrons. The zero-order valence-corrected chi connectivity index (χ0v) is 9.60. The maximum Gasteiger partial charge on any atom is 0.335 e. The van der Waals surface area contributed by atoms with E-state index in [9.17, 15) is 4.79 Å². The smallest absolute Gasteiger partial charge is 0.335 e. The molecule has 0 spiro atoms. The molecule has 1 N–H and O–H groups in total. The van der Waals surface area contributed by atoms with E-state index in [-0.39, 0.29) is 5.56 Å². The fourth-order valence-electron chi connectivity index (χ4n) is 1.47. The van der Waals surface area contributed by atoms with E-state index in [0.29, 0.717) is 10.9 Å². The lowest BCUT2D eigenvalue weighted by Crippen LogP contribution is -1.98. The highest BCUT2D eigenvalue weighted by Gasteiger charge is 2.28. The Bertz CT molecular complexity index is 376. The molecule has 0 unspecified atom stereocenters. The normalized spacial score (nSPS) is 15.6. The zero-order valence-electron chi connectivity index (χ0n) is 7.26. The van der Waals surface area contributed by atoms with Gasteiger partial charge >= 0.3 is 5.97 Å². The van der Waals surface area contributed by atoms with Gasteiger partial charge in [-0.25, -0.2) is 4.79 Å². The van der Waals surface area contributed by atoms with E-state index in [0.717, 1.165) is 22.9 Å². The summed E-state index contributed by atoms with van der Waals surface area (Å²) in [7, 11) is 0. The summed E-state index contributed by atoms with van der Waals surface area (Å²) in [5.74, 6) is -0.435. The first-order chi connectivity index (χ1) is 6.59. The van der Waals surface area contributed by atoms with Crippen LogP contribution in [0.25, 0.3) is 0 Å². The van der Waals surface area contributed by atoms with Gasteiger partial charge in [0.2, 0.25) is 0 Å². The summed E-state index contributed by atoms with van der Waals surface area (Å²) < 4.78 is 0.810. The van der Waals surface area contributed by atoms with Gasteiger partial charge in [0.25, 0.3) is 0 Å². The van der Waals surface area contributed by atoms with Crippen LogP contribution >= 0.6 is 27.5 Å². The molecule has 2 nitrogen and oxygen atoms in total. The third-order valence-corrected chi connectivity index (χ3v) is 3.28. The van der Waals surface area contributed by atoms with Crippen molar-refractivity contribution in [2.24, 2.45) is 0 Å². The molecule has 14 heavy (non-hydrogen) atoms. The first kappa shape index (κ1) is 9.99. The predicted molar refractivity (Wildman–Crippen MR) is 58.1 cm³/mol. The van der Waals surface area contributed by atoms with Crippen molar-refractivity contribution in [2.45, 2.75) is 18.8 Å². The minimum absolute atomic E-state index is 0.228. The number of rotatable bonds is 2. The van der Waals surface area contributed by atoms with Gasteiger partial charge in [-0.1, -0.05) is 27.5 Å². The molecule has 0 amide bonds. The molecule has 0 heterocycles. The van der Waals surface area contributed by atoms with Crippen LogP contribution in [0.15, 0.2) is 16.6 Å². The largest absolute Gasteiger partial charge is 0.478 e. The first-order valence-corrected chi connectivity index (χ1v) is 5.49. The molecule has 0 bridgehead atoms. The van der Waals surface area contributed by atoms with Gasteiger partial charge in [-0.2, -0.15) is 0 Å². The van der Waals surface area contributed by atoms with E-state index in [1.165, 1.54) is 6.07 Å². The average Bonchev–Trinajstić information content (AvgIpc) is 2.86. The molecule has 0 atom stereocenters. The molecule has 74 valence electrons. The lowest BCUT2D eigenvalue weighted by atomic mass is 10.1. The number of hydrogen-bond donors (Lipinski definition) is 1. The summed E-state index contributed by atoms with van der Waals surface area (Å²) in [5, 5.41) is 9.35. The predicted octanol–water partition coefficient (Wildman–Crippen LogP) is 3.68. The van der Waals surface area contributed by atoms with Crippen molar-refractivity contribution < 1.29 is 9.90 Å². The molecule has 1 aliphatic rings. The highest BCUT2D eigenvalue weighted by atomic mass is 79.9. The minimum Gasteiger partial charge on any atom is -0.478 e. The van der Waals surface area contributed by atoms with Gasteiger partial charge in [-0.05, 0) is 36.5 Å². The van der Waals surface area contributed by atoms with Crippen LogP contribution in [0.4, 0.5) is 0 Å². The number of halogens is 2. The second kappa shape index (κ2) is 3.55. The monoisotopic (exact) mass is 274 g/mol. The van der Waals surface area contributed by atoms with E-state index in [1.54, 1.807) is 6.07 Å². The second-order valence-corrected chi connectivity index (χ2v) is 4.69. The first-order valence-electron chi connectivity index (χ1n) is 4.32. The van der Waals surface area contributed by atoms with Crippen LogP contribution in [-0.2, 0) is 0 Å². The lowest BCUT2D eigenvalue weighted by Gasteiger charge is -2.06. The van der Waals surface area contributed by atoms with E-state index in [4.69, 9.17) is 16.7 Å². The van der Waals surface area contributed by atoms with Gasteiger partial charge < -0.3 is 5.11 Å². The highest BCUT2D eigenvalue weighted by Crippen LogP contribution is 2.46. The molecule has 1 aliphatic carbocycles. The van der Waals surface area contributed by atoms with Crippen molar-refractivity contribution in [3.63, 3.8) is 0 Å². The molecular weight excluding hydrogens is 267 g/mol. The fourth-order valence-corrected chi connectivity index (χ4v) is 2.74. The van der Waals surface area contributed by atoms with E-state index < -0.39 is 5.97 Å². The number of hydrogen-bond acceptors (Lipinski definition) is 1. The van der Waals surface area contributed by atoms with Crippen LogP contribution in [-0.4, -0.2) is 11.1 Å². The Balaban J connectivity index is 2.49. The van der Waals surface area contributed by atoms with Crippen molar-refractivity contribution >= 4 is 33.5 Å². The Morgan fingerprint density at radius 2 is 2.14 bits per heavy atom. The lowest BCUT2D eigenvalue weighted by molar-refractivity contribution is 0.0697. The summed E-state index contributed by atoms with van der Waals surface area (Å²) in [6.45, 7) is 0. The maximum absolute atomic E-state index is 10.7. The Morgan fingerprint density at radius 3 is 2.57 bits per heavy atom. The summed E-state index contributed by atoms with van der Waals surface area (Å²) in [6.07, 6.45) is 2.29. The van der Waals surface area contributed by atoms with Gasteiger partial charge in [0, 0.05) is 9.50 Å². The SMILES string of the molecule is O=C(O)c1cc(Cl)c(C2CC2)c(Br)c1. The number of carboxylic acids is 1. The molecule has 0 aliphatic heterocycles. The number of benzene rings is 1. The number of carboxylic acid groups (broad SMARTS) is 1. The fraction of sp³-hybridized carbons (Fsp3) is 0.300. The van der Waals surface area contributed by atoms with Crippen molar-refractivity contribution in [1.29, 1.82) is 0 Å². The molecule has 1 fully saturated rings. The molecule has 0 aromatic heterocycles. The molecule has 4 heteroatoms. The summed E-state index contributed by atoms with van der Waals surface area (Å²) in [5.41, 5.74) is 1.28. The minimum atomic E-state index is -0.949. The van der Waals surface area contributed by atoms with Crippen molar-refractivity contribution in [2.75, 3.05) is 0 Å². The number of carbonyl (C=O) groups is 1. The zero-order chi connectivity index (χ0) is 10.3. The van der Waals surface area contributed by atoms with E-state index >= 15 is 0 Å².